The van der Waals surface area contributed by atoms with Gasteiger partial charge in [-0.15, -0.1) is 0 Å². The maximum absolute atomic E-state index is 12.7. The Morgan fingerprint density at radius 2 is 0.577 bits per heavy atom. The topological polar surface area (TPSA) is 63.6 Å². The van der Waals surface area contributed by atoms with Gasteiger partial charge in [0.2, 0.25) is 0 Å². The van der Waals surface area contributed by atoms with E-state index >= 15 is 0 Å². The molecule has 0 aromatic rings. The Balaban J connectivity index is 3.85. The Kier molecular flexibility index (Phi) is 43.4. The van der Waals surface area contributed by atoms with Crippen LogP contribution in [0.15, 0.2) is 0 Å². The number of carbonyl (C=O) groups excluding carboxylic acids is 1. The molecule has 0 spiro atoms. The van der Waals surface area contributed by atoms with E-state index in [1.807, 2.05) is 0 Å². The van der Waals surface area contributed by atoms with E-state index < -0.39 is 5.97 Å². The number of carboxylic acids is 1. The Morgan fingerprint density at radius 1 is 0.346 bits per heavy atom. The minimum absolute atomic E-state index is 0.0129. The van der Waals surface area contributed by atoms with Crippen molar-refractivity contribution in [3.63, 3.8) is 0 Å². The minimum atomic E-state index is -0.694. The summed E-state index contributed by atoms with van der Waals surface area (Å²) in [5, 5.41) is 8.85. The summed E-state index contributed by atoms with van der Waals surface area (Å²) in [5.74, 6) is -0.681. The van der Waals surface area contributed by atoms with Gasteiger partial charge in [0.05, 0.1) is 0 Å². The van der Waals surface area contributed by atoms with E-state index in [0.717, 1.165) is 64.2 Å². The summed E-state index contributed by atoms with van der Waals surface area (Å²) >= 11 is 0. The Bertz CT molecular complexity index is 706. The van der Waals surface area contributed by atoms with Crippen LogP contribution in [-0.4, -0.2) is 23.1 Å². The van der Waals surface area contributed by atoms with Gasteiger partial charge in [0.1, 0.15) is 6.10 Å². The Morgan fingerprint density at radius 3 is 0.846 bits per heavy atom. The Hall–Kier alpha value is -1.06. The number of carbonyl (C=O) groups is 2. The van der Waals surface area contributed by atoms with Crippen LogP contribution in [0.25, 0.3) is 0 Å². The molecule has 0 bridgehead atoms. The molecule has 0 radical (unpaired) electrons. The standard InChI is InChI=1S/C48H94O4/c1-3-5-7-9-11-13-15-17-18-19-20-21-22-23-24-26-28-30-32-37-41-45-48(51)52-46(43-39-35-33-36-40-44-47(49)50)42-38-34-31-29-27-25-16-14-12-10-8-6-4-2/h46H,3-45H2,1-2H3,(H,49,50). The molecule has 4 heteroatoms. The van der Waals surface area contributed by atoms with Gasteiger partial charge in [-0.2, -0.15) is 0 Å². The summed E-state index contributed by atoms with van der Waals surface area (Å²) in [6, 6.07) is 0. The molecule has 1 N–H and O–H groups in total. The molecule has 0 saturated heterocycles. The summed E-state index contributed by atoms with van der Waals surface area (Å²) in [6.45, 7) is 4.58. The number of esters is 1. The maximum atomic E-state index is 12.7. The lowest BCUT2D eigenvalue weighted by molar-refractivity contribution is -0.150. The fourth-order valence-electron chi connectivity index (χ4n) is 7.78. The highest BCUT2D eigenvalue weighted by molar-refractivity contribution is 5.69. The summed E-state index contributed by atoms with van der Waals surface area (Å²) < 4.78 is 6.04. The molecule has 0 rings (SSSR count). The van der Waals surface area contributed by atoms with Gasteiger partial charge in [0, 0.05) is 12.8 Å². The predicted octanol–water partition coefficient (Wildman–Crippen LogP) is 16.8. The molecule has 0 aromatic carbocycles. The molecule has 0 fully saturated rings. The molecular weight excluding hydrogens is 641 g/mol. The summed E-state index contributed by atoms with van der Waals surface area (Å²) in [6.07, 6.45) is 54.4. The van der Waals surface area contributed by atoms with Crippen LogP contribution in [0.1, 0.15) is 290 Å². The van der Waals surface area contributed by atoms with Gasteiger partial charge >= 0.3 is 11.9 Å². The highest BCUT2D eigenvalue weighted by atomic mass is 16.5. The van der Waals surface area contributed by atoms with Crippen molar-refractivity contribution >= 4 is 11.9 Å². The van der Waals surface area contributed by atoms with Crippen LogP contribution in [0.2, 0.25) is 0 Å². The number of carboxylic acid groups (broad SMARTS) is 1. The summed E-state index contributed by atoms with van der Waals surface area (Å²) in [5.41, 5.74) is 0. The zero-order chi connectivity index (χ0) is 37.8. The van der Waals surface area contributed by atoms with Crippen molar-refractivity contribution in [2.24, 2.45) is 0 Å². The normalized spacial score (nSPS) is 12.0. The van der Waals surface area contributed by atoms with Crippen molar-refractivity contribution in [2.75, 3.05) is 0 Å². The first-order chi connectivity index (χ1) is 25.6. The van der Waals surface area contributed by atoms with Crippen molar-refractivity contribution in [1.82, 2.24) is 0 Å². The largest absolute Gasteiger partial charge is 0.481 e. The van der Waals surface area contributed by atoms with Crippen molar-refractivity contribution in [3.05, 3.63) is 0 Å². The van der Waals surface area contributed by atoms with Crippen LogP contribution in [0.4, 0.5) is 0 Å². The second-order valence-electron chi connectivity index (χ2n) is 16.7. The lowest BCUT2D eigenvalue weighted by atomic mass is 10.0. The van der Waals surface area contributed by atoms with E-state index in [0.29, 0.717) is 6.42 Å². The van der Waals surface area contributed by atoms with E-state index in [1.165, 1.54) is 199 Å². The van der Waals surface area contributed by atoms with Gasteiger partial charge in [-0.25, -0.2) is 0 Å². The van der Waals surface area contributed by atoms with Gasteiger partial charge in [-0.05, 0) is 38.5 Å². The number of aliphatic carboxylic acids is 1. The van der Waals surface area contributed by atoms with Crippen LogP contribution < -0.4 is 0 Å². The molecule has 4 nitrogen and oxygen atoms in total. The van der Waals surface area contributed by atoms with Gasteiger partial charge in [-0.1, -0.05) is 239 Å². The third-order valence-corrected chi connectivity index (χ3v) is 11.3. The lowest BCUT2D eigenvalue weighted by Crippen LogP contribution is -2.18. The zero-order valence-corrected chi connectivity index (χ0v) is 35.7. The molecule has 1 atom stereocenters. The quantitative estimate of drug-likeness (QED) is 0.0500. The van der Waals surface area contributed by atoms with Crippen LogP contribution >= 0.6 is 0 Å². The van der Waals surface area contributed by atoms with Crippen molar-refractivity contribution < 1.29 is 19.4 Å². The van der Waals surface area contributed by atoms with Gasteiger partial charge < -0.3 is 9.84 Å². The van der Waals surface area contributed by atoms with Gasteiger partial charge in [0.15, 0.2) is 0 Å². The molecule has 0 aliphatic carbocycles. The fourth-order valence-corrected chi connectivity index (χ4v) is 7.78. The first kappa shape index (κ1) is 50.9. The molecule has 0 aliphatic rings. The highest BCUT2D eigenvalue weighted by Crippen LogP contribution is 2.20. The SMILES string of the molecule is CCCCCCCCCCCCCCCCCCCCCCCC(=O)OC(CCCCCCCCCCCCCCC)CCCCCCCC(=O)O. The van der Waals surface area contributed by atoms with E-state index in [-0.39, 0.29) is 18.5 Å². The second kappa shape index (κ2) is 44.3. The highest BCUT2D eigenvalue weighted by Gasteiger charge is 2.14. The average Bonchev–Trinajstić information content (AvgIpc) is 3.13. The van der Waals surface area contributed by atoms with Crippen LogP contribution in [0, 0.1) is 0 Å². The van der Waals surface area contributed by atoms with E-state index in [4.69, 9.17) is 9.84 Å². The monoisotopic (exact) mass is 735 g/mol. The predicted molar refractivity (Wildman–Crippen MR) is 227 cm³/mol. The molecule has 52 heavy (non-hydrogen) atoms. The van der Waals surface area contributed by atoms with Crippen molar-refractivity contribution in [2.45, 2.75) is 296 Å². The summed E-state index contributed by atoms with van der Waals surface area (Å²) in [4.78, 5) is 23.5. The fraction of sp³-hybridized carbons (Fsp3) is 0.958. The number of rotatable bonds is 45. The van der Waals surface area contributed by atoms with Crippen LogP contribution in [0.5, 0.6) is 0 Å². The smallest absolute Gasteiger partial charge is 0.306 e. The average molecular weight is 735 g/mol. The molecule has 0 aromatic heterocycles. The van der Waals surface area contributed by atoms with Crippen LogP contribution in [-0.2, 0) is 14.3 Å². The molecule has 1 unspecified atom stereocenters. The second-order valence-corrected chi connectivity index (χ2v) is 16.7. The van der Waals surface area contributed by atoms with E-state index in [1.54, 1.807) is 0 Å². The maximum Gasteiger partial charge on any atom is 0.306 e. The molecule has 0 amide bonds. The Labute approximate surface area is 326 Å². The molecule has 0 heterocycles. The molecule has 310 valence electrons. The third kappa shape index (κ3) is 43.3. The zero-order valence-electron chi connectivity index (χ0n) is 35.7. The number of hydrogen-bond acceptors (Lipinski definition) is 3. The minimum Gasteiger partial charge on any atom is -0.481 e. The number of ether oxygens (including phenoxy) is 1. The van der Waals surface area contributed by atoms with Crippen LogP contribution in [0.3, 0.4) is 0 Å². The van der Waals surface area contributed by atoms with Gasteiger partial charge in [-0.3, -0.25) is 9.59 Å². The summed E-state index contributed by atoms with van der Waals surface area (Å²) in [7, 11) is 0. The first-order valence-corrected chi connectivity index (χ1v) is 24.0. The van der Waals surface area contributed by atoms with Gasteiger partial charge in [0.25, 0.3) is 0 Å². The lowest BCUT2D eigenvalue weighted by Gasteiger charge is -2.18. The molecule has 0 saturated carbocycles. The first-order valence-electron chi connectivity index (χ1n) is 24.0. The third-order valence-electron chi connectivity index (χ3n) is 11.3. The molecule has 0 aliphatic heterocycles. The van der Waals surface area contributed by atoms with Crippen molar-refractivity contribution in [3.8, 4) is 0 Å². The van der Waals surface area contributed by atoms with E-state index in [9.17, 15) is 9.59 Å². The molecular formula is C48H94O4. The van der Waals surface area contributed by atoms with Crippen molar-refractivity contribution in [1.29, 1.82) is 0 Å². The number of hydrogen-bond donors (Lipinski definition) is 1. The van der Waals surface area contributed by atoms with E-state index in [2.05, 4.69) is 13.8 Å². The number of unbranched alkanes of at least 4 members (excludes halogenated alkanes) is 36.